The fourth-order valence-electron chi connectivity index (χ4n) is 4.91. The third-order valence-corrected chi connectivity index (χ3v) is 6.67. The fourth-order valence-corrected chi connectivity index (χ4v) is 4.91. The van der Waals surface area contributed by atoms with Crippen LogP contribution in [0.4, 0.5) is 5.69 Å². The first kappa shape index (κ1) is 24.3. The minimum atomic E-state index is -0.224. The Balaban J connectivity index is 1.58. The molecule has 0 saturated carbocycles. The number of furan rings is 1. The van der Waals surface area contributed by atoms with Crippen molar-refractivity contribution in [1.29, 1.82) is 0 Å². The molecular weight excluding hydrogens is 460 g/mol. The van der Waals surface area contributed by atoms with Crippen LogP contribution < -0.4 is 10.1 Å². The molecule has 0 radical (unpaired) electrons. The largest absolute Gasteiger partial charge is 0.493 e. The molecule has 0 saturated heterocycles. The van der Waals surface area contributed by atoms with Crippen LogP contribution in [0.5, 0.6) is 5.75 Å². The molecule has 0 unspecified atom stereocenters. The Kier molecular flexibility index (Phi) is 6.53. The van der Waals surface area contributed by atoms with Crippen molar-refractivity contribution in [2.24, 2.45) is 0 Å². The van der Waals surface area contributed by atoms with Gasteiger partial charge in [0.2, 0.25) is 5.91 Å². The number of fused-ring (bicyclic) bond motifs is 2. The normalized spacial score (nSPS) is 11.8. The van der Waals surface area contributed by atoms with E-state index >= 15 is 0 Å². The molecule has 0 aliphatic heterocycles. The summed E-state index contributed by atoms with van der Waals surface area (Å²) in [5.74, 6) is 0.502. The van der Waals surface area contributed by atoms with Gasteiger partial charge in [0.05, 0.1) is 24.1 Å². The van der Waals surface area contributed by atoms with Crippen molar-refractivity contribution >= 4 is 39.0 Å². The first-order chi connectivity index (χ1) is 17.9. The van der Waals surface area contributed by atoms with Crippen molar-refractivity contribution in [2.75, 3.05) is 11.9 Å². The third-order valence-electron chi connectivity index (χ3n) is 6.67. The minimum Gasteiger partial charge on any atom is -0.493 e. The Bertz CT molecular complexity index is 1670. The van der Waals surface area contributed by atoms with Crippen LogP contribution in [-0.2, 0) is 4.79 Å². The zero-order chi connectivity index (χ0) is 26.1. The van der Waals surface area contributed by atoms with Gasteiger partial charge < -0.3 is 14.5 Å². The van der Waals surface area contributed by atoms with Gasteiger partial charge in [-0.15, -0.1) is 0 Å². The van der Waals surface area contributed by atoms with Crippen molar-refractivity contribution in [1.82, 2.24) is 4.98 Å². The van der Waals surface area contributed by atoms with Gasteiger partial charge in [-0.05, 0) is 69.5 Å². The van der Waals surface area contributed by atoms with E-state index in [9.17, 15) is 4.79 Å². The number of rotatable bonds is 6. The molecule has 37 heavy (non-hydrogen) atoms. The number of nitrogens with one attached hydrogen (secondary N) is 1. The molecule has 0 fully saturated rings. The summed E-state index contributed by atoms with van der Waals surface area (Å²) in [6.45, 7) is 10.6. The van der Waals surface area contributed by atoms with Crippen molar-refractivity contribution in [3.05, 3.63) is 95.4 Å². The summed E-state index contributed by atoms with van der Waals surface area (Å²) in [5.41, 5.74) is 9.36. The lowest BCUT2D eigenvalue weighted by Crippen LogP contribution is -2.09. The number of aryl methyl sites for hydroxylation is 3. The van der Waals surface area contributed by atoms with Crippen LogP contribution in [0.3, 0.4) is 0 Å². The van der Waals surface area contributed by atoms with Crippen LogP contribution in [0.2, 0.25) is 0 Å². The third kappa shape index (κ3) is 4.60. The number of hydrogen-bond acceptors (Lipinski definition) is 4. The van der Waals surface area contributed by atoms with Crippen LogP contribution in [0.1, 0.15) is 36.1 Å². The van der Waals surface area contributed by atoms with Crippen LogP contribution >= 0.6 is 0 Å². The van der Waals surface area contributed by atoms with Gasteiger partial charge in [-0.25, -0.2) is 0 Å². The van der Waals surface area contributed by atoms with Gasteiger partial charge >= 0.3 is 0 Å². The maximum Gasteiger partial charge on any atom is 0.248 e. The van der Waals surface area contributed by atoms with Crippen LogP contribution in [0.15, 0.2) is 77.6 Å². The number of aromatic nitrogens is 1. The maximum atomic E-state index is 13.1. The van der Waals surface area contributed by atoms with Crippen LogP contribution in [0.25, 0.3) is 38.6 Å². The summed E-state index contributed by atoms with van der Waals surface area (Å²) in [4.78, 5) is 17.5. The second-order valence-corrected chi connectivity index (χ2v) is 9.35. The highest BCUT2D eigenvalue weighted by Crippen LogP contribution is 2.41. The highest BCUT2D eigenvalue weighted by Gasteiger charge is 2.20. The van der Waals surface area contributed by atoms with Gasteiger partial charge in [-0.1, -0.05) is 42.0 Å². The van der Waals surface area contributed by atoms with Gasteiger partial charge in [0.15, 0.2) is 0 Å². The molecule has 0 aliphatic carbocycles. The summed E-state index contributed by atoms with van der Waals surface area (Å²) in [7, 11) is 0. The van der Waals surface area contributed by atoms with Gasteiger partial charge in [0.25, 0.3) is 0 Å². The average molecular weight is 491 g/mol. The number of hydrogen-bond donors (Lipinski definition) is 1. The Morgan fingerprint density at radius 3 is 2.65 bits per heavy atom. The van der Waals surface area contributed by atoms with Crippen LogP contribution in [0, 0.1) is 20.8 Å². The summed E-state index contributed by atoms with van der Waals surface area (Å²) < 4.78 is 12.1. The van der Waals surface area contributed by atoms with Crippen molar-refractivity contribution in [3.8, 4) is 16.9 Å². The molecule has 0 aliphatic rings. The summed E-state index contributed by atoms with van der Waals surface area (Å²) in [6.07, 6.45) is 5.15. The number of amides is 1. The molecule has 0 atom stereocenters. The smallest absolute Gasteiger partial charge is 0.248 e. The molecule has 1 N–H and O–H groups in total. The first-order valence-corrected chi connectivity index (χ1v) is 12.5. The Labute approximate surface area is 216 Å². The van der Waals surface area contributed by atoms with Crippen molar-refractivity contribution < 1.29 is 13.9 Å². The van der Waals surface area contributed by atoms with E-state index in [1.54, 1.807) is 12.3 Å². The summed E-state index contributed by atoms with van der Waals surface area (Å²) in [5, 5.41) is 4.96. The molecule has 2 aromatic heterocycles. The predicted octanol–water partition coefficient (Wildman–Crippen LogP) is 8.01. The van der Waals surface area contributed by atoms with Gasteiger partial charge in [0.1, 0.15) is 11.3 Å². The lowest BCUT2D eigenvalue weighted by molar-refractivity contribution is -0.111. The lowest BCUT2D eigenvalue weighted by Gasteiger charge is -2.15. The van der Waals surface area contributed by atoms with Crippen LogP contribution in [-0.4, -0.2) is 17.5 Å². The molecule has 2 heterocycles. The van der Waals surface area contributed by atoms with E-state index in [0.29, 0.717) is 12.3 Å². The lowest BCUT2D eigenvalue weighted by atomic mass is 9.94. The maximum absolute atomic E-state index is 13.1. The highest BCUT2D eigenvalue weighted by molar-refractivity contribution is 6.09. The van der Waals surface area contributed by atoms with E-state index in [0.717, 1.165) is 55.4 Å². The van der Waals surface area contributed by atoms with E-state index in [1.807, 2.05) is 57.4 Å². The number of nitrogens with zero attached hydrogens (tertiary/aromatic N) is 1. The van der Waals surface area contributed by atoms with E-state index < -0.39 is 0 Å². The molecule has 5 heteroatoms. The standard InChI is InChI=1S/C32H30N2O3/c1-6-36-31-22(5)32-26(27(18-37-32)24-13-12-19(2)15-20(24)3)17-25(31)21(4)16-29(35)34-28-11-7-9-23-10-8-14-33-30(23)28/h7-18H,6H2,1-5H3,(H,34,35)/b21-16+. The molecule has 5 nitrogen and oxygen atoms in total. The molecule has 3 aromatic carbocycles. The Hall–Kier alpha value is -4.38. The molecule has 0 spiro atoms. The zero-order valence-electron chi connectivity index (χ0n) is 21.8. The number of allylic oxidation sites excluding steroid dienone is 1. The second-order valence-electron chi connectivity index (χ2n) is 9.35. The average Bonchev–Trinajstić information content (AvgIpc) is 3.30. The Morgan fingerprint density at radius 2 is 1.86 bits per heavy atom. The fraction of sp³-hybridized carbons (Fsp3) is 0.188. The van der Waals surface area contributed by atoms with Crippen molar-refractivity contribution in [3.63, 3.8) is 0 Å². The van der Waals surface area contributed by atoms with E-state index in [1.165, 1.54) is 11.1 Å². The number of para-hydroxylation sites is 1. The van der Waals surface area contributed by atoms with Gasteiger partial charge in [0, 0.05) is 39.7 Å². The van der Waals surface area contributed by atoms with E-state index in [-0.39, 0.29) is 5.91 Å². The summed E-state index contributed by atoms with van der Waals surface area (Å²) >= 11 is 0. The number of pyridine rings is 1. The van der Waals surface area contributed by atoms with E-state index in [4.69, 9.17) is 9.15 Å². The quantitative estimate of drug-likeness (QED) is 0.245. The zero-order valence-corrected chi connectivity index (χ0v) is 21.8. The number of benzene rings is 3. The summed E-state index contributed by atoms with van der Waals surface area (Å²) in [6, 6.07) is 18.1. The second kappa shape index (κ2) is 9.94. The molecule has 5 rings (SSSR count). The predicted molar refractivity (Wildman–Crippen MR) is 151 cm³/mol. The number of carbonyl (C=O) groups is 1. The number of carbonyl (C=O) groups excluding carboxylic acids is 1. The molecule has 5 aromatic rings. The molecular formula is C32H30N2O3. The van der Waals surface area contributed by atoms with Gasteiger partial charge in [-0.3, -0.25) is 9.78 Å². The highest BCUT2D eigenvalue weighted by atomic mass is 16.5. The topological polar surface area (TPSA) is 64.4 Å². The molecule has 186 valence electrons. The number of anilines is 1. The monoisotopic (exact) mass is 490 g/mol. The Morgan fingerprint density at radius 1 is 1.05 bits per heavy atom. The van der Waals surface area contributed by atoms with E-state index in [2.05, 4.69) is 48.4 Å². The minimum absolute atomic E-state index is 0.224. The van der Waals surface area contributed by atoms with Crippen molar-refractivity contribution in [2.45, 2.75) is 34.6 Å². The molecule has 1 amide bonds. The first-order valence-electron chi connectivity index (χ1n) is 12.5. The van der Waals surface area contributed by atoms with Gasteiger partial charge in [-0.2, -0.15) is 0 Å². The SMILES string of the molecule is CCOc1c(/C(C)=C/C(=O)Nc2cccc3cccnc23)cc2c(-c3ccc(C)cc3C)coc2c1C. The molecule has 0 bridgehead atoms. The number of ether oxygens (including phenoxy) is 1.